The average molecular weight is 125 g/mol. The summed E-state index contributed by atoms with van der Waals surface area (Å²) in [7, 11) is 0. The van der Waals surface area contributed by atoms with Crippen LogP contribution in [-0.4, -0.2) is 12.5 Å². The molecular formula is C7H11NO. The molecule has 2 heteroatoms. The standard InChI is InChI=1S/C7H11NO/c1-7-2-5(3-7)4-8-6(7)9/h5H,2-4H2,1H3,(H,8,9). The lowest BCUT2D eigenvalue weighted by Gasteiger charge is -2.48. The molecule has 1 amide bonds. The summed E-state index contributed by atoms with van der Waals surface area (Å²) in [4.78, 5) is 11.0. The molecule has 3 rings (SSSR count). The Morgan fingerprint density at radius 2 is 2.33 bits per heavy atom. The minimum absolute atomic E-state index is 0.0307. The highest BCUT2D eigenvalue weighted by molar-refractivity contribution is 5.84. The molecule has 0 unspecified atom stereocenters. The summed E-state index contributed by atoms with van der Waals surface area (Å²) >= 11 is 0. The van der Waals surface area contributed by atoms with Gasteiger partial charge in [0.05, 0.1) is 0 Å². The zero-order valence-electron chi connectivity index (χ0n) is 5.61. The van der Waals surface area contributed by atoms with Crippen molar-refractivity contribution in [3.05, 3.63) is 0 Å². The van der Waals surface area contributed by atoms with Crippen LogP contribution in [0.1, 0.15) is 19.8 Å². The van der Waals surface area contributed by atoms with E-state index in [2.05, 4.69) is 12.2 Å². The minimum atomic E-state index is 0.0307. The van der Waals surface area contributed by atoms with Gasteiger partial charge in [-0.15, -0.1) is 0 Å². The van der Waals surface area contributed by atoms with Crippen LogP contribution in [0.15, 0.2) is 0 Å². The van der Waals surface area contributed by atoms with Gasteiger partial charge in [-0.1, -0.05) is 6.92 Å². The second-order valence-corrected chi connectivity index (χ2v) is 3.54. The number of nitrogens with one attached hydrogen (secondary N) is 1. The molecule has 1 aliphatic carbocycles. The average Bonchev–Trinajstić information content (AvgIpc) is 1.73. The summed E-state index contributed by atoms with van der Waals surface area (Å²) < 4.78 is 0. The van der Waals surface area contributed by atoms with E-state index in [9.17, 15) is 4.79 Å². The number of hydrogen-bond donors (Lipinski definition) is 1. The van der Waals surface area contributed by atoms with E-state index in [1.54, 1.807) is 0 Å². The van der Waals surface area contributed by atoms with Crippen molar-refractivity contribution in [3.8, 4) is 0 Å². The van der Waals surface area contributed by atoms with Crippen LogP contribution < -0.4 is 5.32 Å². The number of amides is 1. The second kappa shape index (κ2) is 1.31. The van der Waals surface area contributed by atoms with Crippen LogP contribution in [-0.2, 0) is 4.79 Å². The Labute approximate surface area is 54.6 Å². The molecule has 2 heterocycles. The van der Waals surface area contributed by atoms with Crippen LogP contribution in [0.5, 0.6) is 0 Å². The van der Waals surface area contributed by atoms with Crippen molar-refractivity contribution in [1.29, 1.82) is 0 Å². The van der Waals surface area contributed by atoms with E-state index in [1.807, 2.05) is 0 Å². The van der Waals surface area contributed by atoms with Gasteiger partial charge < -0.3 is 5.32 Å². The molecular weight excluding hydrogens is 114 g/mol. The van der Waals surface area contributed by atoms with Crippen molar-refractivity contribution < 1.29 is 4.79 Å². The molecule has 1 saturated carbocycles. The Morgan fingerprint density at radius 3 is 2.67 bits per heavy atom. The molecule has 2 aliphatic heterocycles. The molecule has 3 aliphatic rings. The van der Waals surface area contributed by atoms with Crippen molar-refractivity contribution in [2.24, 2.45) is 11.3 Å². The molecule has 0 aromatic carbocycles. The van der Waals surface area contributed by atoms with Gasteiger partial charge in [0.2, 0.25) is 5.91 Å². The van der Waals surface area contributed by atoms with E-state index in [0.29, 0.717) is 0 Å². The van der Waals surface area contributed by atoms with Gasteiger partial charge in [-0.2, -0.15) is 0 Å². The smallest absolute Gasteiger partial charge is 0.225 e. The van der Waals surface area contributed by atoms with E-state index < -0.39 is 0 Å². The maximum atomic E-state index is 11.0. The number of hydrogen-bond acceptors (Lipinski definition) is 1. The SMILES string of the molecule is CC12CC(CNC1=O)C2. The van der Waals surface area contributed by atoms with E-state index in [1.165, 1.54) is 0 Å². The Kier molecular flexibility index (Phi) is 0.765. The van der Waals surface area contributed by atoms with Crippen LogP contribution in [0.25, 0.3) is 0 Å². The molecule has 2 saturated heterocycles. The van der Waals surface area contributed by atoms with Gasteiger partial charge in [0, 0.05) is 12.0 Å². The highest BCUT2D eigenvalue weighted by Gasteiger charge is 2.49. The number of carbonyl (C=O) groups excluding carboxylic acids is 1. The predicted molar refractivity (Wildman–Crippen MR) is 33.8 cm³/mol. The number of piperidine rings is 2. The van der Waals surface area contributed by atoms with Gasteiger partial charge in [0.1, 0.15) is 0 Å². The zero-order valence-corrected chi connectivity index (χ0v) is 5.61. The van der Waals surface area contributed by atoms with Gasteiger partial charge in [0.25, 0.3) is 0 Å². The van der Waals surface area contributed by atoms with Crippen LogP contribution in [0.2, 0.25) is 0 Å². The van der Waals surface area contributed by atoms with Gasteiger partial charge >= 0.3 is 0 Å². The Bertz CT molecular complexity index is 158. The Balaban J connectivity index is 2.20. The molecule has 1 N–H and O–H groups in total. The van der Waals surface area contributed by atoms with E-state index in [4.69, 9.17) is 0 Å². The van der Waals surface area contributed by atoms with Crippen LogP contribution in [0, 0.1) is 11.3 Å². The predicted octanol–water partition coefficient (Wildman–Crippen LogP) is 0.532. The largest absolute Gasteiger partial charge is 0.355 e. The molecule has 9 heavy (non-hydrogen) atoms. The van der Waals surface area contributed by atoms with Crippen molar-refractivity contribution in [2.45, 2.75) is 19.8 Å². The Morgan fingerprint density at radius 1 is 1.67 bits per heavy atom. The molecule has 2 bridgehead atoms. The number of carbonyl (C=O) groups is 1. The van der Waals surface area contributed by atoms with E-state index in [0.717, 1.165) is 25.3 Å². The molecule has 0 radical (unpaired) electrons. The van der Waals surface area contributed by atoms with Crippen LogP contribution in [0.4, 0.5) is 0 Å². The van der Waals surface area contributed by atoms with Crippen LogP contribution in [0.3, 0.4) is 0 Å². The first-order chi connectivity index (χ1) is 4.21. The summed E-state index contributed by atoms with van der Waals surface area (Å²) in [5.41, 5.74) is 0.0307. The number of rotatable bonds is 0. The van der Waals surface area contributed by atoms with Crippen molar-refractivity contribution in [2.75, 3.05) is 6.54 Å². The van der Waals surface area contributed by atoms with E-state index in [-0.39, 0.29) is 11.3 Å². The first kappa shape index (κ1) is 5.27. The van der Waals surface area contributed by atoms with Crippen molar-refractivity contribution in [3.63, 3.8) is 0 Å². The van der Waals surface area contributed by atoms with Gasteiger partial charge in [-0.25, -0.2) is 0 Å². The highest BCUT2D eigenvalue weighted by atomic mass is 16.2. The summed E-state index contributed by atoms with van der Waals surface area (Å²) in [6.07, 6.45) is 2.25. The van der Waals surface area contributed by atoms with Gasteiger partial charge in [-0.3, -0.25) is 4.79 Å². The summed E-state index contributed by atoms with van der Waals surface area (Å²) in [6.45, 7) is 2.98. The van der Waals surface area contributed by atoms with Crippen LogP contribution >= 0.6 is 0 Å². The third kappa shape index (κ3) is 0.533. The molecule has 3 fully saturated rings. The first-order valence-electron chi connectivity index (χ1n) is 3.49. The molecule has 0 aromatic heterocycles. The third-order valence-corrected chi connectivity index (χ3v) is 2.58. The minimum Gasteiger partial charge on any atom is -0.355 e. The normalized spacial score (nSPS) is 47.7. The summed E-state index contributed by atoms with van der Waals surface area (Å²) in [5.74, 6) is 1.07. The molecule has 0 aromatic rings. The maximum Gasteiger partial charge on any atom is 0.225 e. The Hall–Kier alpha value is -0.530. The fraction of sp³-hybridized carbons (Fsp3) is 0.857. The van der Waals surface area contributed by atoms with Gasteiger partial charge in [0.15, 0.2) is 0 Å². The lowest BCUT2D eigenvalue weighted by molar-refractivity contribution is -0.144. The topological polar surface area (TPSA) is 29.1 Å². The van der Waals surface area contributed by atoms with E-state index >= 15 is 0 Å². The monoisotopic (exact) mass is 125 g/mol. The highest BCUT2D eigenvalue weighted by Crippen LogP contribution is 2.47. The summed E-state index contributed by atoms with van der Waals surface area (Å²) in [5, 5.41) is 2.88. The molecule has 2 nitrogen and oxygen atoms in total. The van der Waals surface area contributed by atoms with Crippen molar-refractivity contribution >= 4 is 5.91 Å². The second-order valence-electron chi connectivity index (χ2n) is 3.54. The zero-order chi connectivity index (χ0) is 6.48. The fourth-order valence-corrected chi connectivity index (χ4v) is 1.99. The lowest BCUT2D eigenvalue weighted by atomic mass is 9.60. The van der Waals surface area contributed by atoms with Gasteiger partial charge in [-0.05, 0) is 18.8 Å². The number of fused-ring (bicyclic) bond motifs is 2. The quantitative estimate of drug-likeness (QED) is 0.502. The van der Waals surface area contributed by atoms with Crippen molar-refractivity contribution in [1.82, 2.24) is 5.32 Å². The third-order valence-electron chi connectivity index (χ3n) is 2.58. The lowest BCUT2D eigenvalue weighted by Crippen LogP contribution is -2.57. The fourth-order valence-electron chi connectivity index (χ4n) is 1.99. The first-order valence-corrected chi connectivity index (χ1v) is 3.49. The molecule has 0 spiro atoms. The maximum absolute atomic E-state index is 11.0. The summed E-state index contributed by atoms with van der Waals surface area (Å²) in [6, 6.07) is 0. The molecule has 50 valence electrons. The molecule has 0 atom stereocenters.